The van der Waals surface area contributed by atoms with Gasteiger partial charge in [0.2, 0.25) is 11.8 Å². The van der Waals surface area contributed by atoms with Crippen molar-refractivity contribution in [3.63, 3.8) is 0 Å². The van der Waals surface area contributed by atoms with Crippen molar-refractivity contribution in [2.75, 3.05) is 20.1 Å². The standard InChI is InChI=1S/C12H20N2O4/c1-4-8(2)14(7-11(16)17)12(18)9-5-10(15)13(3)6-9/h8-9H,4-7H2,1-3H3,(H,16,17). The summed E-state index contributed by atoms with van der Waals surface area (Å²) in [5.74, 6) is -1.73. The van der Waals surface area contributed by atoms with Crippen LogP contribution >= 0.6 is 0 Å². The van der Waals surface area contributed by atoms with E-state index in [1.165, 1.54) is 9.80 Å². The lowest BCUT2D eigenvalue weighted by Crippen LogP contribution is -2.45. The van der Waals surface area contributed by atoms with E-state index in [2.05, 4.69) is 0 Å². The van der Waals surface area contributed by atoms with Crippen molar-refractivity contribution >= 4 is 17.8 Å². The lowest BCUT2D eigenvalue weighted by Gasteiger charge is -2.29. The summed E-state index contributed by atoms with van der Waals surface area (Å²) in [4.78, 5) is 37.3. The highest BCUT2D eigenvalue weighted by Crippen LogP contribution is 2.20. The van der Waals surface area contributed by atoms with Gasteiger partial charge in [-0.1, -0.05) is 6.92 Å². The van der Waals surface area contributed by atoms with Gasteiger partial charge in [0.1, 0.15) is 6.54 Å². The van der Waals surface area contributed by atoms with Crippen LogP contribution in [0.3, 0.4) is 0 Å². The molecule has 2 unspecified atom stereocenters. The first kappa shape index (κ1) is 14.5. The molecule has 1 saturated heterocycles. The first-order chi connectivity index (χ1) is 8.36. The Bertz CT molecular complexity index is 356. The number of hydrogen-bond donors (Lipinski definition) is 1. The summed E-state index contributed by atoms with van der Waals surface area (Å²) in [6.45, 7) is 3.80. The number of carbonyl (C=O) groups excluding carboxylic acids is 2. The van der Waals surface area contributed by atoms with E-state index in [-0.39, 0.29) is 30.8 Å². The SMILES string of the molecule is CCC(C)N(CC(=O)O)C(=O)C1CC(=O)N(C)C1. The third-order valence-electron chi connectivity index (χ3n) is 3.40. The Kier molecular flexibility index (Phi) is 4.69. The fraction of sp³-hybridized carbons (Fsp3) is 0.750. The molecule has 1 heterocycles. The van der Waals surface area contributed by atoms with E-state index in [9.17, 15) is 14.4 Å². The van der Waals surface area contributed by atoms with Crippen molar-refractivity contribution in [3.8, 4) is 0 Å². The number of carboxylic acid groups (broad SMARTS) is 1. The zero-order valence-electron chi connectivity index (χ0n) is 11.0. The molecule has 2 atom stereocenters. The topological polar surface area (TPSA) is 77.9 Å². The van der Waals surface area contributed by atoms with Crippen molar-refractivity contribution in [1.82, 2.24) is 9.80 Å². The van der Waals surface area contributed by atoms with Crippen LogP contribution in [-0.4, -0.2) is 58.9 Å². The van der Waals surface area contributed by atoms with E-state index in [0.717, 1.165) is 0 Å². The molecule has 1 aliphatic rings. The van der Waals surface area contributed by atoms with Crippen LogP contribution in [-0.2, 0) is 14.4 Å². The average Bonchev–Trinajstić information content (AvgIpc) is 2.64. The second-order valence-electron chi connectivity index (χ2n) is 4.79. The molecule has 102 valence electrons. The van der Waals surface area contributed by atoms with Crippen LogP contribution in [0.2, 0.25) is 0 Å². The number of carbonyl (C=O) groups is 3. The number of amides is 2. The van der Waals surface area contributed by atoms with Crippen molar-refractivity contribution in [1.29, 1.82) is 0 Å². The van der Waals surface area contributed by atoms with Crippen LogP contribution in [0.25, 0.3) is 0 Å². The Hall–Kier alpha value is -1.59. The maximum atomic E-state index is 12.3. The van der Waals surface area contributed by atoms with Crippen LogP contribution in [0.4, 0.5) is 0 Å². The highest BCUT2D eigenvalue weighted by Gasteiger charge is 2.36. The first-order valence-electron chi connectivity index (χ1n) is 6.13. The number of hydrogen-bond acceptors (Lipinski definition) is 3. The van der Waals surface area contributed by atoms with E-state index < -0.39 is 11.9 Å². The zero-order valence-corrected chi connectivity index (χ0v) is 11.0. The molecule has 1 rings (SSSR count). The predicted molar refractivity (Wildman–Crippen MR) is 64.8 cm³/mol. The Labute approximate surface area is 107 Å². The molecule has 0 aromatic carbocycles. The Balaban J connectivity index is 2.76. The second-order valence-corrected chi connectivity index (χ2v) is 4.79. The molecule has 0 saturated carbocycles. The van der Waals surface area contributed by atoms with Gasteiger partial charge in [0.05, 0.1) is 5.92 Å². The summed E-state index contributed by atoms with van der Waals surface area (Å²) in [6.07, 6.45) is 0.872. The summed E-state index contributed by atoms with van der Waals surface area (Å²) in [5.41, 5.74) is 0. The molecule has 0 spiro atoms. The molecule has 1 N–H and O–H groups in total. The number of likely N-dealkylation sites (tertiary alicyclic amines) is 1. The molecule has 18 heavy (non-hydrogen) atoms. The smallest absolute Gasteiger partial charge is 0.323 e. The Morgan fingerprint density at radius 2 is 2.17 bits per heavy atom. The molecule has 1 fully saturated rings. The molecule has 6 nitrogen and oxygen atoms in total. The van der Waals surface area contributed by atoms with Crippen LogP contribution in [0, 0.1) is 5.92 Å². The fourth-order valence-electron chi connectivity index (χ4n) is 2.08. The maximum absolute atomic E-state index is 12.3. The molecule has 0 aliphatic carbocycles. The molecule has 0 aromatic heterocycles. The number of aliphatic carboxylic acids is 1. The summed E-state index contributed by atoms with van der Waals surface area (Å²) in [6, 6.07) is -0.130. The first-order valence-corrected chi connectivity index (χ1v) is 6.13. The van der Waals surface area contributed by atoms with E-state index in [0.29, 0.717) is 13.0 Å². The Morgan fingerprint density at radius 1 is 1.56 bits per heavy atom. The minimum atomic E-state index is -1.03. The van der Waals surface area contributed by atoms with Crippen molar-refractivity contribution in [3.05, 3.63) is 0 Å². The fourth-order valence-corrected chi connectivity index (χ4v) is 2.08. The van der Waals surface area contributed by atoms with Gasteiger partial charge in [-0.25, -0.2) is 0 Å². The van der Waals surface area contributed by atoms with Crippen LogP contribution in [0.5, 0.6) is 0 Å². The van der Waals surface area contributed by atoms with Gasteiger partial charge in [-0.2, -0.15) is 0 Å². The second kappa shape index (κ2) is 5.84. The van der Waals surface area contributed by atoms with Gasteiger partial charge < -0.3 is 14.9 Å². The molecule has 0 aromatic rings. The molecular weight excluding hydrogens is 236 g/mol. The quantitative estimate of drug-likeness (QED) is 0.761. The van der Waals surface area contributed by atoms with E-state index in [1.54, 1.807) is 7.05 Å². The van der Waals surface area contributed by atoms with Crippen LogP contribution in [0.15, 0.2) is 0 Å². The van der Waals surface area contributed by atoms with Gasteiger partial charge in [-0.15, -0.1) is 0 Å². The van der Waals surface area contributed by atoms with Crippen molar-refractivity contribution in [2.45, 2.75) is 32.7 Å². The minimum absolute atomic E-state index is 0.0622. The number of carboxylic acids is 1. The maximum Gasteiger partial charge on any atom is 0.323 e. The number of nitrogens with zero attached hydrogens (tertiary/aromatic N) is 2. The van der Waals surface area contributed by atoms with Gasteiger partial charge in [0.25, 0.3) is 0 Å². The molecule has 0 radical (unpaired) electrons. The predicted octanol–water partition coefficient (Wildman–Crippen LogP) is 0.176. The normalized spacial score (nSPS) is 20.9. The van der Waals surface area contributed by atoms with E-state index in [4.69, 9.17) is 5.11 Å². The highest BCUT2D eigenvalue weighted by molar-refractivity contribution is 5.90. The molecule has 6 heteroatoms. The van der Waals surface area contributed by atoms with Gasteiger partial charge in [-0.05, 0) is 13.3 Å². The lowest BCUT2D eigenvalue weighted by molar-refractivity contribution is -0.148. The summed E-state index contributed by atoms with van der Waals surface area (Å²) in [7, 11) is 1.65. The average molecular weight is 256 g/mol. The summed E-state index contributed by atoms with van der Waals surface area (Å²) in [5, 5.41) is 8.85. The van der Waals surface area contributed by atoms with Gasteiger partial charge in [-0.3, -0.25) is 14.4 Å². The van der Waals surface area contributed by atoms with Crippen molar-refractivity contribution < 1.29 is 19.5 Å². The third kappa shape index (κ3) is 3.21. The third-order valence-corrected chi connectivity index (χ3v) is 3.40. The molecule has 1 aliphatic heterocycles. The molecule has 0 bridgehead atoms. The molecular formula is C12H20N2O4. The monoisotopic (exact) mass is 256 g/mol. The molecule has 2 amide bonds. The van der Waals surface area contributed by atoms with Crippen LogP contribution < -0.4 is 0 Å². The largest absolute Gasteiger partial charge is 0.480 e. The van der Waals surface area contributed by atoms with Crippen LogP contribution in [0.1, 0.15) is 26.7 Å². The van der Waals surface area contributed by atoms with E-state index >= 15 is 0 Å². The van der Waals surface area contributed by atoms with Crippen molar-refractivity contribution in [2.24, 2.45) is 5.92 Å². The zero-order chi connectivity index (χ0) is 13.9. The number of rotatable bonds is 5. The lowest BCUT2D eigenvalue weighted by atomic mass is 10.1. The Morgan fingerprint density at radius 3 is 2.56 bits per heavy atom. The highest BCUT2D eigenvalue weighted by atomic mass is 16.4. The van der Waals surface area contributed by atoms with Gasteiger partial charge in [0, 0.05) is 26.1 Å². The summed E-state index contributed by atoms with van der Waals surface area (Å²) < 4.78 is 0. The van der Waals surface area contributed by atoms with Gasteiger partial charge >= 0.3 is 5.97 Å². The minimum Gasteiger partial charge on any atom is -0.480 e. The summed E-state index contributed by atoms with van der Waals surface area (Å²) >= 11 is 0. The van der Waals surface area contributed by atoms with Gasteiger partial charge in [0.15, 0.2) is 0 Å². The van der Waals surface area contributed by atoms with E-state index in [1.807, 2.05) is 13.8 Å².